The van der Waals surface area contributed by atoms with Crippen molar-refractivity contribution in [3.05, 3.63) is 63.9 Å². The largest absolute Gasteiger partial charge is 0.319 e. The minimum atomic E-state index is -3.36. The Balaban J connectivity index is 1.72. The highest BCUT2D eigenvalue weighted by molar-refractivity contribution is 7.90. The topological polar surface area (TPSA) is 68.5 Å². The van der Waals surface area contributed by atoms with E-state index in [9.17, 15) is 13.2 Å². The van der Waals surface area contributed by atoms with Crippen molar-refractivity contribution >= 4 is 48.9 Å². The molecule has 1 amide bonds. The number of sulfone groups is 1. The average molecular weight is 409 g/mol. The van der Waals surface area contributed by atoms with Crippen molar-refractivity contribution < 1.29 is 13.2 Å². The highest BCUT2D eigenvalue weighted by atomic mass is 35.5. The fraction of sp³-hybridized carbons (Fsp3) is 0.222. The van der Waals surface area contributed by atoms with Crippen LogP contribution in [0, 0.1) is 0 Å². The number of thiazole rings is 1. The SMILES string of the molecule is Cn1c(=NC(=O)CCS(=O)(=O)Cc2ccccc2)sc2cc(Cl)ccc21. The normalized spacial score (nSPS) is 12.6. The number of carbonyl (C=O) groups is 1. The molecule has 136 valence electrons. The van der Waals surface area contributed by atoms with Crippen LogP contribution in [0.25, 0.3) is 10.2 Å². The van der Waals surface area contributed by atoms with Gasteiger partial charge in [-0.3, -0.25) is 4.79 Å². The molecule has 3 rings (SSSR count). The summed E-state index contributed by atoms with van der Waals surface area (Å²) in [5, 5.41) is 0.615. The molecule has 2 aromatic carbocycles. The molecular weight excluding hydrogens is 392 g/mol. The molecule has 0 fully saturated rings. The molecule has 0 saturated carbocycles. The van der Waals surface area contributed by atoms with Gasteiger partial charge in [-0.1, -0.05) is 53.3 Å². The van der Waals surface area contributed by atoms with E-state index in [0.29, 0.717) is 15.4 Å². The van der Waals surface area contributed by atoms with Gasteiger partial charge in [0.15, 0.2) is 14.6 Å². The number of aryl methyl sites for hydroxylation is 1. The molecule has 5 nitrogen and oxygen atoms in total. The van der Waals surface area contributed by atoms with Gasteiger partial charge >= 0.3 is 0 Å². The van der Waals surface area contributed by atoms with Gasteiger partial charge in [0.1, 0.15) is 0 Å². The number of rotatable bonds is 5. The summed E-state index contributed by atoms with van der Waals surface area (Å²) in [6.45, 7) is 0. The van der Waals surface area contributed by atoms with E-state index in [1.807, 2.05) is 25.2 Å². The van der Waals surface area contributed by atoms with Crippen molar-refractivity contribution in [1.82, 2.24) is 4.57 Å². The first kappa shape index (κ1) is 18.8. The lowest BCUT2D eigenvalue weighted by Crippen LogP contribution is -2.16. The molecule has 0 radical (unpaired) electrons. The summed E-state index contributed by atoms with van der Waals surface area (Å²) < 4.78 is 27.1. The molecule has 0 aliphatic rings. The van der Waals surface area contributed by atoms with Crippen LogP contribution in [-0.2, 0) is 27.4 Å². The van der Waals surface area contributed by atoms with E-state index in [1.54, 1.807) is 34.9 Å². The summed E-state index contributed by atoms with van der Waals surface area (Å²) >= 11 is 7.33. The molecule has 3 aromatic rings. The third kappa shape index (κ3) is 4.60. The molecule has 0 bridgehead atoms. The maximum absolute atomic E-state index is 12.2. The molecule has 0 saturated heterocycles. The molecular formula is C18H17ClN2O3S2. The summed E-state index contributed by atoms with van der Waals surface area (Å²) in [5.74, 6) is -0.740. The molecule has 0 N–H and O–H groups in total. The molecule has 0 spiro atoms. The number of carbonyl (C=O) groups excluding carboxylic acids is 1. The Morgan fingerprint density at radius 1 is 1.19 bits per heavy atom. The first-order chi connectivity index (χ1) is 12.3. The first-order valence-corrected chi connectivity index (χ1v) is 10.9. The van der Waals surface area contributed by atoms with Crippen LogP contribution in [-0.4, -0.2) is 24.6 Å². The minimum absolute atomic E-state index is 0.0731. The van der Waals surface area contributed by atoms with E-state index in [2.05, 4.69) is 4.99 Å². The van der Waals surface area contributed by atoms with Gasteiger partial charge in [-0.25, -0.2) is 8.42 Å². The Morgan fingerprint density at radius 3 is 2.65 bits per heavy atom. The fourth-order valence-electron chi connectivity index (χ4n) is 2.52. The van der Waals surface area contributed by atoms with Crippen molar-refractivity contribution in [3.63, 3.8) is 0 Å². The zero-order chi connectivity index (χ0) is 18.7. The molecule has 26 heavy (non-hydrogen) atoms. The Bertz CT molecular complexity index is 1120. The van der Waals surface area contributed by atoms with E-state index in [1.165, 1.54) is 11.3 Å². The summed E-state index contributed by atoms with van der Waals surface area (Å²) in [6.07, 6.45) is -0.135. The molecule has 0 atom stereocenters. The second kappa shape index (κ2) is 7.73. The molecule has 0 aliphatic heterocycles. The molecule has 8 heteroatoms. The van der Waals surface area contributed by atoms with Crippen molar-refractivity contribution in [2.45, 2.75) is 12.2 Å². The summed E-state index contributed by atoms with van der Waals surface area (Å²) in [4.78, 5) is 16.7. The number of aromatic nitrogens is 1. The monoisotopic (exact) mass is 408 g/mol. The maximum atomic E-state index is 12.2. The molecule has 0 unspecified atom stereocenters. The van der Waals surface area contributed by atoms with E-state index in [0.717, 1.165) is 10.2 Å². The average Bonchev–Trinajstić information content (AvgIpc) is 2.89. The summed E-state index contributed by atoms with van der Waals surface area (Å²) in [7, 11) is -1.55. The van der Waals surface area contributed by atoms with Crippen LogP contribution >= 0.6 is 22.9 Å². The third-order valence-corrected chi connectivity index (χ3v) is 6.78. The zero-order valence-electron chi connectivity index (χ0n) is 14.1. The number of benzene rings is 2. The van der Waals surface area contributed by atoms with Crippen LogP contribution in [0.2, 0.25) is 5.02 Å². The summed E-state index contributed by atoms with van der Waals surface area (Å²) in [6, 6.07) is 14.4. The van der Waals surface area contributed by atoms with Crippen molar-refractivity contribution in [3.8, 4) is 0 Å². The minimum Gasteiger partial charge on any atom is -0.319 e. The van der Waals surface area contributed by atoms with Gasteiger partial charge in [0.2, 0.25) is 5.91 Å². The predicted octanol–water partition coefficient (Wildman–Crippen LogP) is 3.33. The van der Waals surface area contributed by atoms with Gasteiger partial charge in [-0.2, -0.15) is 4.99 Å². The van der Waals surface area contributed by atoms with Gasteiger partial charge in [-0.05, 0) is 23.8 Å². The van der Waals surface area contributed by atoms with Crippen molar-refractivity contribution in [1.29, 1.82) is 0 Å². The number of hydrogen-bond donors (Lipinski definition) is 0. The zero-order valence-corrected chi connectivity index (χ0v) is 16.4. The van der Waals surface area contributed by atoms with Gasteiger partial charge in [-0.15, -0.1) is 0 Å². The van der Waals surface area contributed by atoms with E-state index in [4.69, 9.17) is 11.6 Å². The van der Waals surface area contributed by atoms with Gasteiger partial charge in [0.25, 0.3) is 0 Å². The summed E-state index contributed by atoms with van der Waals surface area (Å²) in [5.41, 5.74) is 1.63. The van der Waals surface area contributed by atoms with Crippen molar-refractivity contribution in [2.75, 3.05) is 5.75 Å². The van der Waals surface area contributed by atoms with Crippen LogP contribution in [0.5, 0.6) is 0 Å². The predicted molar refractivity (Wildman–Crippen MR) is 105 cm³/mol. The van der Waals surface area contributed by atoms with E-state index >= 15 is 0 Å². The van der Waals surface area contributed by atoms with E-state index < -0.39 is 15.7 Å². The third-order valence-electron chi connectivity index (χ3n) is 3.85. The maximum Gasteiger partial charge on any atom is 0.249 e. The quantitative estimate of drug-likeness (QED) is 0.650. The molecule has 1 aromatic heterocycles. The second-order valence-electron chi connectivity index (χ2n) is 5.89. The highest BCUT2D eigenvalue weighted by Gasteiger charge is 2.14. The van der Waals surface area contributed by atoms with Crippen LogP contribution in [0.15, 0.2) is 53.5 Å². The Kier molecular flexibility index (Phi) is 5.60. The fourth-order valence-corrected chi connectivity index (χ4v) is 5.16. The second-order valence-corrected chi connectivity index (χ2v) is 9.52. The van der Waals surface area contributed by atoms with Gasteiger partial charge in [0.05, 0.1) is 21.7 Å². The lowest BCUT2D eigenvalue weighted by molar-refractivity contribution is -0.117. The van der Waals surface area contributed by atoms with E-state index in [-0.39, 0.29) is 17.9 Å². The first-order valence-electron chi connectivity index (χ1n) is 7.91. The van der Waals surface area contributed by atoms with Crippen LogP contribution in [0.4, 0.5) is 0 Å². The number of amides is 1. The molecule has 0 aliphatic carbocycles. The number of nitrogens with zero attached hydrogens (tertiary/aromatic N) is 2. The molecule has 1 heterocycles. The van der Waals surface area contributed by atoms with Crippen LogP contribution < -0.4 is 4.80 Å². The van der Waals surface area contributed by atoms with Crippen LogP contribution in [0.3, 0.4) is 0 Å². The Hall–Kier alpha value is -1.96. The smallest absolute Gasteiger partial charge is 0.249 e. The Labute approximate surface area is 160 Å². The van der Waals surface area contributed by atoms with Crippen LogP contribution in [0.1, 0.15) is 12.0 Å². The lowest BCUT2D eigenvalue weighted by Gasteiger charge is -2.02. The highest BCUT2D eigenvalue weighted by Crippen LogP contribution is 2.21. The number of halogens is 1. The number of hydrogen-bond acceptors (Lipinski definition) is 4. The van der Waals surface area contributed by atoms with Crippen molar-refractivity contribution in [2.24, 2.45) is 12.0 Å². The van der Waals surface area contributed by atoms with Gasteiger partial charge < -0.3 is 4.57 Å². The number of fused-ring (bicyclic) bond motifs is 1. The Morgan fingerprint density at radius 2 is 1.92 bits per heavy atom. The van der Waals surface area contributed by atoms with Gasteiger partial charge in [0, 0.05) is 18.5 Å². The standard InChI is InChI=1S/C18H17ClN2O3S2/c1-21-15-8-7-14(19)11-16(15)25-18(21)20-17(22)9-10-26(23,24)12-13-5-3-2-4-6-13/h2-8,11H,9-10,12H2,1H3. The lowest BCUT2D eigenvalue weighted by atomic mass is 10.2.